The molecule has 0 heterocycles. The summed E-state index contributed by atoms with van der Waals surface area (Å²) >= 11 is 0. The Morgan fingerprint density at radius 1 is 1.29 bits per heavy atom. The van der Waals surface area contributed by atoms with Crippen LogP contribution in [-0.4, -0.2) is 13.1 Å². The summed E-state index contributed by atoms with van der Waals surface area (Å²) in [6.07, 6.45) is 0. The highest BCUT2D eigenvalue weighted by Gasteiger charge is 2.22. The van der Waals surface area contributed by atoms with Crippen LogP contribution in [0.2, 0.25) is 0 Å². The fraction of sp³-hybridized carbons (Fsp3) is 0.222. The van der Waals surface area contributed by atoms with E-state index in [2.05, 4.69) is 4.74 Å². The van der Waals surface area contributed by atoms with Crippen LogP contribution in [0.5, 0.6) is 0 Å². The number of benzene rings is 1. The third-order valence-corrected chi connectivity index (χ3v) is 1.81. The number of halogens is 3. The third-order valence-electron chi connectivity index (χ3n) is 1.81. The predicted molar refractivity (Wildman–Crippen MR) is 42.4 cm³/mol. The number of hydrogen-bond acceptors (Lipinski definition) is 2. The van der Waals surface area contributed by atoms with Gasteiger partial charge in [-0.2, -0.15) is 0 Å². The number of esters is 1. The van der Waals surface area contributed by atoms with Crippen molar-refractivity contribution < 1.29 is 22.7 Å². The summed E-state index contributed by atoms with van der Waals surface area (Å²) in [5.74, 6) is -4.88. The summed E-state index contributed by atoms with van der Waals surface area (Å²) in [6.45, 7) is 1.17. The molecule has 76 valence electrons. The zero-order valence-electron chi connectivity index (χ0n) is 7.53. The summed E-state index contributed by atoms with van der Waals surface area (Å²) in [5, 5.41) is 0. The van der Waals surface area contributed by atoms with Gasteiger partial charge in [0.25, 0.3) is 0 Å². The summed E-state index contributed by atoms with van der Waals surface area (Å²) < 4.78 is 42.8. The molecule has 0 aromatic heterocycles. The van der Waals surface area contributed by atoms with E-state index in [1.54, 1.807) is 0 Å². The monoisotopic (exact) mass is 204 g/mol. The molecule has 0 radical (unpaired) electrons. The molecule has 1 aromatic rings. The second-order valence-electron chi connectivity index (χ2n) is 2.65. The van der Waals surface area contributed by atoms with Gasteiger partial charge in [0.15, 0.2) is 11.6 Å². The van der Waals surface area contributed by atoms with Crippen LogP contribution in [-0.2, 0) is 4.74 Å². The number of carbonyl (C=O) groups is 1. The molecule has 1 aromatic carbocycles. The average molecular weight is 204 g/mol. The molecule has 0 saturated carbocycles. The highest BCUT2D eigenvalue weighted by molar-refractivity contribution is 5.91. The maximum absolute atomic E-state index is 13.0. The zero-order chi connectivity index (χ0) is 10.9. The van der Waals surface area contributed by atoms with Crippen LogP contribution >= 0.6 is 0 Å². The second-order valence-corrected chi connectivity index (χ2v) is 2.65. The minimum absolute atomic E-state index is 0.268. The molecule has 0 aliphatic heterocycles. The molecule has 0 N–H and O–H groups in total. The van der Waals surface area contributed by atoms with E-state index in [1.807, 2.05) is 0 Å². The second kappa shape index (κ2) is 3.69. The third kappa shape index (κ3) is 1.57. The first-order valence-electron chi connectivity index (χ1n) is 3.71. The highest BCUT2D eigenvalue weighted by atomic mass is 19.2. The van der Waals surface area contributed by atoms with Crippen LogP contribution in [0.4, 0.5) is 13.2 Å². The standard InChI is InChI=1S/C9H7F3O2/c1-4-5(10)3-6(11)8(12)7(4)9(13)14-2/h3H,1-2H3. The number of methoxy groups -OCH3 is 1. The molecule has 5 heteroatoms. The molecule has 2 nitrogen and oxygen atoms in total. The molecule has 14 heavy (non-hydrogen) atoms. The minimum atomic E-state index is -1.41. The number of rotatable bonds is 1. The molecular weight excluding hydrogens is 197 g/mol. The van der Waals surface area contributed by atoms with Gasteiger partial charge in [-0.1, -0.05) is 0 Å². The van der Waals surface area contributed by atoms with Crippen molar-refractivity contribution in [3.63, 3.8) is 0 Å². The Kier molecular flexibility index (Phi) is 2.78. The molecule has 0 aliphatic rings. The maximum Gasteiger partial charge on any atom is 0.341 e. The highest BCUT2D eigenvalue weighted by Crippen LogP contribution is 2.20. The molecule has 0 spiro atoms. The van der Waals surface area contributed by atoms with Crippen molar-refractivity contribution in [1.82, 2.24) is 0 Å². The smallest absolute Gasteiger partial charge is 0.341 e. The van der Waals surface area contributed by atoms with Crippen LogP contribution < -0.4 is 0 Å². The Bertz CT molecular complexity index is 362. The van der Waals surface area contributed by atoms with Crippen LogP contribution in [0.15, 0.2) is 6.07 Å². The van der Waals surface area contributed by atoms with Crippen LogP contribution in [0.3, 0.4) is 0 Å². The first-order chi connectivity index (χ1) is 6.49. The lowest BCUT2D eigenvalue weighted by Crippen LogP contribution is -2.10. The zero-order valence-corrected chi connectivity index (χ0v) is 7.53. The number of carbonyl (C=O) groups excluding carboxylic acids is 1. The fourth-order valence-electron chi connectivity index (χ4n) is 1.03. The normalized spacial score (nSPS) is 10.1. The largest absolute Gasteiger partial charge is 0.465 e. The van der Waals surface area contributed by atoms with Gasteiger partial charge in [0.1, 0.15) is 11.4 Å². The molecule has 0 amide bonds. The maximum atomic E-state index is 13.0. The minimum Gasteiger partial charge on any atom is -0.465 e. The van der Waals surface area contributed by atoms with E-state index in [-0.39, 0.29) is 5.56 Å². The van der Waals surface area contributed by atoms with Gasteiger partial charge in [-0.05, 0) is 6.92 Å². The topological polar surface area (TPSA) is 26.3 Å². The SMILES string of the molecule is COC(=O)c1c(C)c(F)cc(F)c1F. The van der Waals surface area contributed by atoms with Crippen molar-refractivity contribution in [2.45, 2.75) is 6.92 Å². The van der Waals surface area contributed by atoms with Crippen molar-refractivity contribution in [3.8, 4) is 0 Å². The Hall–Kier alpha value is -1.52. The molecule has 1 rings (SSSR count). The fourth-order valence-corrected chi connectivity index (χ4v) is 1.03. The lowest BCUT2D eigenvalue weighted by Gasteiger charge is -2.06. The van der Waals surface area contributed by atoms with Crippen molar-refractivity contribution in [2.75, 3.05) is 7.11 Å². The van der Waals surface area contributed by atoms with Gasteiger partial charge in [0.2, 0.25) is 0 Å². The molecule has 0 atom stereocenters. The first kappa shape index (κ1) is 10.6. The van der Waals surface area contributed by atoms with Gasteiger partial charge < -0.3 is 4.74 Å². The molecular formula is C9H7F3O2. The van der Waals surface area contributed by atoms with E-state index >= 15 is 0 Å². The van der Waals surface area contributed by atoms with E-state index in [9.17, 15) is 18.0 Å². The van der Waals surface area contributed by atoms with Gasteiger partial charge in [-0.15, -0.1) is 0 Å². The first-order valence-corrected chi connectivity index (χ1v) is 3.71. The van der Waals surface area contributed by atoms with E-state index in [4.69, 9.17) is 0 Å². The Morgan fingerprint density at radius 2 is 1.86 bits per heavy atom. The summed E-state index contributed by atoms with van der Waals surface area (Å²) in [7, 11) is 1.00. The lowest BCUT2D eigenvalue weighted by molar-refractivity contribution is 0.0592. The Labute approximate surface area is 78.3 Å². The van der Waals surface area contributed by atoms with Crippen molar-refractivity contribution in [1.29, 1.82) is 0 Å². The molecule has 0 unspecified atom stereocenters. The van der Waals surface area contributed by atoms with Crippen LogP contribution in [0, 0.1) is 24.4 Å². The number of ether oxygens (including phenoxy) is 1. The number of hydrogen-bond donors (Lipinski definition) is 0. The molecule has 0 aliphatic carbocycles. The van der Waals surface area contributed by atoms with Gasteiger partial charge in [-0.25, -0.2) is 18.0 Å². The van der Waals surface area contributed by atoms with E-state index < -0.39 is 29.0 Å². The van der Waals surface area contributed by atoms with Crippen molar-refractivity contribution in [3.05, 3.63) is 34.6 Å². The van der Waals surface area contributed by atoms with E-state index in [0.29, 0.717) is 6.07 Å². The van der Waals surface area contributed by atoms with Gasteiger partial charge >= 0.3 is 5.97 Å². The van der Waals surface area contributed by atoms with E-state index in [1.165, 1.54) is 6.92 Å². The summed E-state index contributed by atoms with van der Waals surface area (Å²) in [6, 6.07) is 0.386. The van der Waals surface area contributed by atoms with Crippen molar-refractivity contribution in [2.24, 2.45) is 0 Å². The summed E-state index contributed by atoms with van der Waals surface area (Å²) in [4.78, 5) is 11.0. The Morgan fingerprint density at radius 3 is 2.36 bits per heavy atom. The average Bonchev–Trinajstić information content (AvgIpc) is 2.15. The molecule has 0 bridgehead atoms. The van der Waals surface area contributed by atoms with Gasteiger partial charge in [-0.3, -0.25) is 0 Å². The van der Waals surface area contributed by atoms with Crippen LogP contribution in [0.1, 0.15) is 15.9 Å². The predicted octanol–water partition coefficient (Wildman–Crippen LogP) is 2.20. The van der Waals surface area contributed by atoms with Gasteiger partial charge in [0, 0.05) is 11.6 Å². The van der Waals surface area contributed by atoms with E-state index in [0.717, 1.165) is 7.11 Å². The molecule has 0 fully saturated rings. The lowest BCUT2D eigenvalue weighted by atomic mass is 10.1. The van der Waals surface area contributed by atoms with Gasteiger partial charge in [0.05, 0.1) is 7.11 Å². The Balaban J connectivity index is 3.47. The summed E-state index contributed by atoms with van der Waals surface area (Å²) in [5.41, 5.74) is -0.972. The molecule has 0 saturated heterocycles. The van der Waals surface area contributed by atoms with Crippen LogP contribution in [0.25, 0.3) is 0 Å². The van der Waals surface area contributed by atoms with Crippen molar-refractivity contribution >= 4 is 5.97 Å². The quantitative estimate of drug-likeness (QED) is 0.517.